The Morgan fingerprint density at radius 2 is 2.10 bits per heavy atom. The summed E-state index contributed by atoms with van der Waals surface area (Å²) in [5.74, 6) is -0.138. The number of nitrogens with two attached hydrogens (primary N) is 1. The summed E-state index contributed by atoms with van der Waals surface area (Å²) in [5, 5.41) is 2.96. The number of nitrogens with zero attached hydrogens (tertiary/aromatic N) is 1. The monoisotopic (exact) mass is 335 g/mol. The van der Waals surface area contributed by atoms with Crippen molar-refractivity contribution in [2.24, 2.45) is 0 Å². The molecule has 0 fully saturated rings. The molecule has 1 amide bonds. The first-order valence-electron chi connectivity index (χ1n) is 6.60. The fraction of sp³-hybridized carbons (Fsp3) is 0.267. The standard InChI is InChI=1S/C15H18BrN3O/c1-3-10-7-11(16)5-6-13(10)18-15(20)14-8-12(17)9-19(14)4-2/h5-9H,3-4,17H2,1-2H3,(H,18,20). The maximum atomic E-state index is 12.4. The Balaban J connectivity index is 2.27. The van der Waals surface area contributed by atoms with Crippen molar-refractivity contribution in [3.63, 3.8) is 0 Å². The fourth-order valence-corrected chi connectivity index (χ4v) is 2.56. The molecule has 3 N–H and O–H groups in total. The molecule has 0 saturated heterocycles. The summed E-state index contributed by atoms with van der Waals surface area (Å²) >= 11 is 3.44. The zero-order valence-electron chi connectivity index (χ0n) is 11.6. The van der Waals surface area contributed by atoms with Gasteiger partial charge in [-0.25, -0.2) is 0 Å². The number of aromatic nitrogens is 1. The molecule has 106 valence electrons. The van der Waals surface area contributed by atoms with Crippen LogP contribution in [-0.4, -0.2) is 10.5 Å². The highest BCUT2D eigenvalue weighted by Gasteiger charge is 2.13. The maximum absolute atomic E-state index is 12.4. The number of aryl methyl sites for hydroxylation is 2. The summed E-state index contributed by atoms with van der Waals surface area (Å²) in [4.78, 5) is 12.4. The van der Waals surface area contributed by atoms with Crippen molar-refractivity contribution in [1.29, 1.82) is 0 Å². The van der Waals surface area contributed by atoms with Gasteiger partial charge >= 0.3 is 0 Å². The van der Waals surface area contributed by atoms with Crippen LogP contribution in [0, 0.1) is 0 Å². The minimum atomic E-state index is -0.138. The molecule has 0 spiro atoms. The highest BCUT2D eigenvalue weighted by molar-refractivity contribution is 9.10. The van der Waals surface area contributed by atoms with E-state index in [1.807, 2.05) is 29.7 Å². The van der Waals surface area contributed by atoms with Gasteiger partial charge < -0.3 is 15.6 Å². The van der Waals surface area contributed by atoms with E-state index in [9.17, 15) is 4.79 Å². The van der Waals surface area contributed by atoms with Crippen molar-refractivity contribution in [2.75, 3.05) is 11.1 Å². The van der Waals surface area contributed by atoms with Crippen LogP contribution < -0.4 is 11.1 Å². The Hall–Kier alpha value is -1.75. The van der Waals surface area contributed by atoms with Crippen LogP contribution in [0.1, 0.15) is 29.9 Å². The Morgan fingerprint density at radius 1 is 1.35 bits per heavy atom. The smallest absolute Gasteiger partial charge is 0.272 e. The minimum absolute atomic E-state index is 0.138. The van der Waals surface area contributed by atoms with Crippen LogP contribution in [0.25, 0.3) is 0 Å². The van der Waals surface area contributed by atoms with Crippen molar-refractivity contribution in [3.05, 3.63) is 46.2 Å². The molecule has 1 aromatic carbocycles. The molecule has 20 heavy (non-hydrogen) atoms. The minimum Gasteiger partial charge on any atom is -0.397 e. The Bertz CT molecular complexity index is 634. The number of benzene rings is 1. The number of halogens is 1. The van der Waals surface area contributed by atoms with E-state index in [0.29, 0.717) is 17.9 Å². The van der Waals surface area contributed by atoms with Crippen molar-refractivity contribution in [3.8, 4) is 0 Å². The summed E-state index contributed by atoms with van der Waals surface area (Å²) in [6.07, 6.45) is 2.63. The van der Waals surface area contributed by atoms with E-state index in [-0.39, 0.29) is 5.91 Å². The highest BCUT2D eigenvalue weighted by atomic mass is 79.9. The Kier molecular flexibility index (Phi) is 4.49. The second kappa shape index (κ2) is 6.13. The first-order valence-corrected chi connectivity index (χ1v) is 7.39. The highest BCUT2D eigenvalue weighted by Crippen LogP contribution is 2.22. The fourth-order valence-electron chi connectivity index (χ4n) is 2.15. The van der Waals surface area contributed by atoms with E-state index in [1.165, 1.54) is 0 Å². The number of carbonyl (C=O) groups is 1. The number of hydrogen-bond donors (Lipinski definition) is 2. The molecule has 0 radical (unpaired) electrons. The number of anilines is 2. The molecule has 0 aliphatic heterocycles. The van der Waals surface area contributed by atoms with E-state index in [0.717, 1.165) is 22.1 Å². The third kappa shape index (κ3) is 3.04. The second-order valence-corrected chi connectivity index (χ2v) is 5.47. The van der Waals surface area contributed by atoms with Crippen molar-refractivity contribution in [1.82, 2.24) is 4.57 Å². The summed E-state index contributed by atoms with van der Waals surface area (Å²) in [5.41, 5.74) is 8.86. The first-order chi connectivity index (χ1) is 9.55. The number of nitrogen functional groups attached to an aromatic ring is 1. The number of nitrogens with one attached hydrogen (secondary N) is 1. The van der Waals surface area contributed by atoms with Crippen molar-refractivity contribution >= 4 is 33.2 Å². The van der Waals surface area contributed by atoms with Gasteiger partial charge in [-0.15, -0.1) is 0 Å². The van der Waals surface area contributed by atoms with Crippen LogP contribution in [0.3, 0.4) is 0 Å². The average Bonchev–Trinajstić information content (AvgIpc) is 2.82. The molecule has 5 heteroatoms. The van der Waals surface area contributed by atoms with Crippen LogP contribution in [0.4, 0.5) is 11.4 Å². The van der Waals surface area contributed by atoms with Crippen LogP contribution >= 0.6 is 15.9 Å². The maximum Gasteiger partial charge on any atom is 0.272 e. The molecule has 0 unspecified atom stereocenters. The molecule has 0 bridgehead atoms. The number of amides is 1. The lowest BCUT2D eigenvalue weighted by Crippen LogP contribution is -2.17. The normalized spacial score (nSPS) is 10.6. The van der Waals surface area contributed by atoms with Gasteiger partial charge in [0.1, 0.15) is 5.69 Å². The topological polar surface area (TPSA) is 60.1 Å². The molecule has 4 nitrogen and oxygen atoms in total. The number of carbonyl (C=O) groups excluding carboxylic acids is 1. The molecular formula is C15H18BrN3O. The lowest BCUT2D eigenvalue weighted by molar-refractivity contribution is 0.101. The SMILES string of the molecule is CCc1cc(Br)ccc1NC(=O)c1cc(N)cn1CC. The number of hydrogen-bond acceptors (Lipinski definition) is 2. The van der Waals surface area contributed by atoms with Crippen LogP contribution in [0.2, 0.25) is 0 Å². The van der Waals surface area contributed by atoms with Gasteiger partial charge in [0.25, 0.3) is 5.91 Å². The zero-order chi connectivity index (χ0) is 14.7. The van der Waals surface area contributed by atoms with Gasteiger partial charge in [0, 0.05) is 22.9 Å². The molecule has 1 heterocycles. The molecular weight excluding hydrogens is 318 g/mol. The average molecular weight is 336 g/mol. The summed E-state index contributed by atoms with van der Waals surface area (Å²) in [6.45, 7) is 4.75. The molecule has 0 atom stereocenters. The van der Waals surface area contributed by atoms with E-state index >= 15 is 0 Å². The molecule has 0 aliphatic rings. The van der Waals surface area contributed by atoms with Gasteiger partial charge in [0.05, 0.1) is 5.69 Å². The molecule has 2 rings (SSSR count). The van der Waals surface area contributed by atoms with Gasteiger partial charge in [-0.3, -0.25) is 4.79 Å². The van der Waals surface area contributed by atoms with Gasteiger partial charge in [0.15, 0.2) is 0 Å². The van der Waals surface area contributed by atoms with Gasteiger partial charge in [0.2, 0.25) is 0 Å². The predicted molar refractivity (Wildman–Crippen MR) is 86.0 cm³/mol. The largest absolute Gasteiger partial charge is 0.397 e. The van der Waals surface area contributed by atoms with E-state index in [2.05, 4.69) is 28.2 Å². The van der Waals surface area contributed by atoms with Crippen LogP contribution in [-0.2, 0) is 13.0 Å². The Morgan fingerprint density at radius 3 is 2.75 bits per heavy atom. The van der Waals surface area contributed by atoms with Gasteiger partial charge in [-0.2, -0.15) is 0 Å². The van der Waals surface area contributed by atoms with E-state index in [1.54, 1.807) is 12.3 Å². The molecule has 2 aromatic rings. The van der Waals surface area contributed by atoms with Crippen molar-refractivity contribution in [2.45, 2.75) is 26.8 Å². The summed E-state index contributed by atoms with van der Waals surface area (Å²) < 4.78 is 2.85. The molecule has 0 saturated carbocycles. The van der Waals surface area contributed by atoms with Crippen LogP contribution in [0.5, 0.6) is 0 Å². The third-order valence-electron chi connectivity index (χ3n) is 3.19. The quantitative estimate of drug-likeness (QED) is 0.895. The van der Waals surface area contributed by atoms with E-state index < -0.39 is 0 Å². The Labute approximate surface area is 127 Å². The van der Waals surface area contributed by atoms with Crippen molar-refractivity contribution < 1.29 is 4.79 Å². The molecule has 1 aromatic heterocycles. The summed E-state index contributed by atoms with van der Waals surface area (Å²) in [6, 6.07) is 7.54. The number of rotatable bonds is 4. The van der Waals surface area contributed by atoms with Crippen LogP contribution in [0.15, 0.2) is 34.9 Å². The second-order valence-electron chi connectivity index (χ2n) is 4.55. The van der Waals surface area contributed by atoms with Gasteiger partial charge in [-0.05, 0) is 43.2 Å². The lowest BCUT2D eigenvalue weighted by Gasteiger charge is -2.11. The third-order valence-corrected chi connectivity index (χ3v) is 3.68. The lowest BCUT2D eigenvalue weighted by atomic mass is 10.1. The predicted octanol–water partition coefficient (Wildman–Crippen LogP) is 3.67. The molecule has 0 aliphatic carbocycles. The zero-order valence-corrected chi connectivity index (χ0v) is 13.2. The first kappa shape index (κ1) is 14.7. The summed E-state index contributed by atoms with van der Waals surface area (Å²) in [7, 11) is 0. The van der Waals surface area contributed by atoms with E-state index in [4.69, 9.17) is 5.73 Å². The van der Waals surface area contributed by atoms with Gasteiger partial charge in [-0.1, -0.05) is 22.9 Å².